The summed E-state index contributed by atoms with van der Waals surface area (Å²) in [5, 5.41) is 0. The van der Waals surface area contributed by atoms with Crippen molar-refractivity contribution in [2.45, 2.75) is 51.2 Å². The summed E-state index contributed by atoms with van der Waals surface area (Å²) in [6.45, 7) is 5.99. The van der Waals surface area contributed by atoms with Gasteiger partial charge >= 0.3 is 6.09 Å². The standard InChI is InChI=1S/C12H20ClNO3/c1-11(2,3)17-10(16)14-8-4-5-12(14,9-15)6-7-13/h9H,4-8H2,1-3H3. The Kier molecular flexibility index (Phi) is 4.42. The Morgan fingerprint density at radius 1 is 1.53 bits per heavy atom. The molecule has 5 heteroatoms. The maximum absolute atomic E-state index is 12.0. The quantitative estimate of drug-likeness (QED) is 0.579. The van der Waals surface area contributed by atoms with Crippen LogP contribution in [0.5, 0.6) is 0 Å². The molecule has 1 heterocycles. The van der Waals surface area contributed by atoms with E-state index in [1.807, 2.05) is 20.8 Å². The number of halogens is 1. The van der Waals surface area contributed by atoms with Crippen molar-refractivity contribution in [2.24, 2.45) is 0 Å². The summed E-state index contributed by atoms with van der Waals surface area (Å²) >= 11 is 5.72. The highest BCUT2D eigenvalue weighted by molar-refractivity contribution is 6.18. The highest BCUT2D eigenvalue weighted by atomic mass is 35.5. The van der Waals surface area contributed by atoms with Crippen LogP contribution in [0.15, 0.2) is 0 Å². The van der Waals surface area contributed by atoms with Crippen LogP contribution in [0.1, 0.15) is 40.0 Å². The van der Waals surface area contributed by atoms with Gasteiger partial charge in [0.05, 0.1) is 0 Å². The van der Waals surface area contributed by atoms with Crippen LogP contribution < -0.4 is 0 Å². The molecule has 0 saturated carbocycles. The molecule has 1 saturated heterocycles. The summed E-state index contributed by atoms with van der Waals surface area (Å²) in [5.41, 5.74) is -1.31. The molecule has 0 spiro atoms. The van der Waals surface area contributed by atoms with E-state index in [0.717, 1.165) is 12.7 Å². The topological polar surface area (TPSA) is 46.6 Å². The molecule has 0 N–H and O–H groups in total. The average molecular weight is 262 g/mol. The summed E-state index contributed by atoms with van der Waals surface area (Å²) in [5.74, 6) is 0.359. The molecular weight excluding hydrogens is 242 g/mol. The lowest BCUT2D eigenvalue weighted by atomic mass is 9.95. The monoisotopic (exact) mass is 261 g/mol. The van der Waals surface area contributed by atoms with Crippen molar-refractivity contribution < 1.29 is 14.3 Å². The average Bonchev–Trinajstić information content (AvgIpc) is 2.60. The zero-order valence-electron chi connectivity index (χ0n) is 10.7. The fourth-order valence-corrected chi connectivity index (χ4v) is 2.42. The van der Waals surface area contributed by atoms with Crippen LogP contribution in [0.4, 0.5) is 4.79 Å². The number of hydrogen-bond donors (Lipinski definition) is 0. The molecule has 1 unspecified atom stereocenters. The Balaban J connectivity index is 2.81. The normalized spacial score (nSPS) is 24.8. The Morgan fingerprint density at radius 3 is 2.65 bits per heavy atom. The number of aldehydes is 1. The van der Waals surface area contributed by atoms with E-state index < -0.39 is 17.2 Å². The second-order valence-electron chi connectivity index (χ2n) is 5.40. The Morgan fingerprint density at radius 2 is 2.18 bits per heavy atom. The summed E-state index contributed by atoms with van der Waals surface area (Å²) in [6, 6.07) is 0. The van der Waals surface area contributed by atoms with E-state index in [4.69, 9.17) is 16.3 Å². The maximum atomic E-state index is 12.0. The van der Waals surface area contributed by atoms with E-state index in [9.17, 15) is 9.59 Å². The molecule has 17 heavy (non-hydrogen) atoms. The fraction of sp³-hybridized carbons (Fsp3) is 0.833. The number of hydrogen-bond acceptors (Lipinski definition) is 3. The molecule has 0 aromatic heterocycles. The molecular formula is C12H20ClNO3. The van der Waals surface area contributed by atoms with Crippen molar-refractivity contribution in [3.8, 4) is 0 Å². The minimum atomic E-state index is -0.760. The van der Waals surface area contributed by atoms with Gasteiger partial charge in [-0.2, -0.15) is 0 Å². The van der Waals surface area contributed by atoms with E-state index >= 15 is 0 Å². The molecule has 1 atom stereocenters. The van der Waals surface area contributed by atoms with Gasteiger partial charge in [0.25, 0.3) is 0 Å². The Hall–Kier alpha value is -0.770. The van der Waals surface area contributed by atoms with E-state index in [1.165, 1.54) is 4.90 Å². The van der Waals surface area contributed by atoms with Gasteiger partial charge in [0.15, 0.2) is 0 Å². The van der Waals surface area contributed by atoms with Gasteiger partial charge in [-0.05, 0) is 40.0 Å². The van der Waals surface area contributed by atoms with E-state index in [-0.39, 0.29) is 0 Å². The number of rotatable bonds is 3. The van der Waals surface area contributed by atoms with Gasteiger partial charge in [-0.3, -0.25) is 4.90 Å². The molecule has 0 bridgehead atoms. The molecule has 4 nitrogen and oxygen atoms in total. The lowest BCUT2D eigenvalue weighted by molar-refractivity contribution is -0.117. The zero-order valence-corrected chi connectivity index (χ0v) is 11.4. The van der Waals surface area contributed by atoms with Crippen molar-refractivity contribution in [1.82, 2.24) is 4.90 Å². The van der Waals surface area contributed by atoms with Crippen molar-refractivity contribution >= 4 is 24.0 Å². The van der Waals surface area contributed by atoms with Gasteiger partial charge in [0, 0.05) is 12.4 Å². The molecule has 0 aromatic carbocycles. The van der Waals surface area contributed by atoms with E-state index in [1.54, 1.807) is 0 Å². The number of carbonyl (C=O) groups excluding carboxylic acids is 2. The van der Waals surface area contributed by atoms with Crippen molar-refractivity contribution in [3.63, 3.8) is 0 Å². The van der Waals surface area contributed by atoms with Crippen LogP contribution in [-0.2, 0) is 9.53 Å². The van der Waals surface area contributed by atoms with Crippen LogP contribution >= 0.6 is 11.6 Å². The predicted octanol–water partition coefficient (Wildman–Crippen LogP) is 2.58. The first-order valence-corrected chi connectivity index (χ1v) is 6.41. The molecule has 1 amide bonds. The first-order valence-electron chi connectivity index (χ1n) is 5.87. The molecule has 1 fully saturated rings. The summed E-state index contributed by atoms with van der Waals surface area (Å²) < 4.78 is 5.31. The number of alkyl halides is 1. The van der Waals surface area contributed by atoms with Crippen LogP contribution in [0.2, 0.25) is 0 Å². The molecule has 1 aliphatic rings. The first kappa shape index (κ1) is 14.3. The van der Waals surface area contributed by atoms with Gasteiger partial charge in [0.2, 0.25) is 0 Å². The summed E-state index contributed by atoms with van der Waals surface area (Å²) in [6.07, 6.45) is 2.38. The maximum Gasteiger partial charge on any atom is 0.411 e. The number of nitrogens with zero attached hydrogens (tertiary/aromatic N) is 1. The van der Waals surface area contributed by atoms with Crippen LogP contribution in [0, 0.1) is 0 Å². The third-order valence-corrected chi connectivity index (χ3v) is 3.08. The lowest BCUT2D eigenvalue weighted by Gasteiger charge is -2.34. The van der Waals surface area contributed by atoms with E-state index in [2.05, 4.69) is 0 Å². The zero-order chi connectivity index (χ0) is 13.1. The molecule has 98 valence electrons. The van der Waals surface area contributed by atoms with Crippen molar-refractivity contribution in [2.75, 3.05) is 12.4 Å². The fourth-order valence-electron chi connectivity index (χ4n) is 2.10. The minimum Gasteiger partial charge on any atom is -0.444 e. The van der Waals surface area contributed by atoms with Gasteiger partial charge in [0.1, 0.15) is 17.4 Å². The smallest absolute Gasteiger partial charge is 0.411 e. The van der Waals surface area contributed by atoms with Gasteiger partial charge in [-0.15, -0.1) is 11.6 Å². The molecule has 0 radical (unpaired) electrons. The SMILES string of the molecule is CC(C)(C)OC(=O)N1CCCC1(C=O)CCCl. The van der Waals surface area contributed by atoms with Crippen LogP contribution in [0.3, 0.4) is 0 Å². The van der Waals surface area contributed by atoms with Gasteiger partial charge < -0.3 is 9.53 Å². The Labute approximate surface area is 107 Å². The van der Waals surface area contributed by atoms with E-state index in [0.29, 0.717) is 25.3 Å². The van der Waals surface area contributed by atoms with Crippen LogP contribution in [0.25, 0.3) is 0 Å². The third-order valence-electron chi connectivity index (χ3n) is 2.89. The third kappa shape index (κ3) is 3.35. The van der Waals surface area contributed by atoms with Crippen molar-refractivity contribution in [3.05, 3.63) is 0 Å². The largest absolute Gasteiger partial charge is 0.444 e. The second kappa shape index (κ2) is 5.25. The minimum absolute atomic E-state index is 0.359. The highest BCUT2D eigenvalue weighted by Gasteiger charge is 2.44. The highest BCUT2D eigenvalue weighted by Crippen LogP contribution is 2.32. The lowest BCUT2D eigenvalue weighted by Crippen LogP contribution is -2.50. The predicted molar refractivity (Wildman–Crippen MR) is 66.3 cm³/mol. The number of carbonyl (C=O) groups is 2. The molecule has 1 aliphatic heterocycles. The number of ether oxygens (including phenoxy) is 1. The molecule has 0 aromatic rings. The van der Waals surface area contributed by atoms with Gasteiger partial charge in [-0.25, -0.2) is 4.79 Å². The number of likely N-dealkylation sites (tertiary alicyclic amines) is 1. The first-order chi connectivity index (χ1) is 7.84. The van der Waals surface area contributed by atoms with Gasteiger partial charge in [-0.1, -0.05) is 0 Å². The van der Waals surface area contributed by atoms with Crippen molar-refractivity contribution in [1.29, 1.82) is 0 Å². The second-order valence-corrected chi connectivity index (χ2v) is 5.77. The number of amides is 1. The Bertz CT molecular complexity index is 301. The van der Waals surface area contributed by atoms with Crippen LogP contribution in [-0.4, -0.2) is 40.8 Å². The summed E-state index contributed by atoms with van der Waals surface area (Å²) in [4.78, 5) is 24.8. The molecule has 0 aliphatic carbocycles. The summed E-state index contributed by atoms with van der Waals surface area (Å²) in [7, 11) is 0. The molecule has 1 rings (SSSR count).